The number of nitrogens with one attached hydrogen (secondary N) is 1. The third kappa shape index (κ3) is 5.21. The molecule has 0 aliphatic rings. The molecule has 3 N–H and O–H groups in total. The predicted octanol–water partition coefficient (Wildman–Crippen LogP) is 2.70. The maximum absolute atomic E-state index is 12.4. The van der Waals surface area contributed by atoms with Crippen molar-refractivity contribution in [3.05, 3.63) is 35.4 Å². The van der Waals surface area contributed by atoms with Crippen molar-refractivity contribution >= 4 is 5.91 Å². The van der Waals surface area contributed by atoms with Crippen molar-refractivity contribution in [1.29, 1.82) is 0 Å². The van der Waals surface area contributed by atoms with E-state index < -0.39 is 17.8 Å². The van der Waals surface area contributed by atoms with Crippen LogP contribution in [0.4, 0.5) is 13.2 Å². The summed E-state index contributed by atoms with van der Waals surface area (Å²) < 4.78 is 37.1. The molecule has 0 bridgehead atoms. The van der Waals surface area contributed by atoms with Crippen LogP contribution in [0.5, 0.6) is 0 Å². The minimum atomic E-state index is -4.35. The Hall–Kier alpha value is -1.56. The van der Waals surface area contributed by atoms with E-state index in [0.29, 0.717) is 17.9 Å². The normalized spacial score (nSPS) is 13.3. The van der Waals surface area contributed by atoms with Gasteiger partial charge in [-0.25, -0.2) is 0 Å². The van der Waals surface area contributed by atoms with Gasteiger partial charge in [0, 0.05) is 6.54 Å². The van der Waals surface area contributed by atoms with E-state index in [4.69, 9.17) is 5.73 Å². The molecule has 0 saturated heterocycles. The number of carbonyl (C=O) groups excluding carboxylic acids is 1. The molecular formula is C14H19F3N2O. The predicted molar refractivity (Wildman–Crippen MR) is 70.7 cm³/mol. The summed E-state index contributed by atoms with van der Waals surface area (Å²) in [5.41, 5.74) is 5.60. The Morgan fingerprint density at radius 2 is 1.80 bits per heavy atom. The van der Waals surface area contributed by atoms with Gasteiger partial charge in [-0.3, -0.25) is 4.79 Å². The molecule has 3 nitrogen and oxygen atoms in total. The molecule has 1 amide bonds. The molecule has 0 fully saturated rings. The Morgan fingerprint density at radius 3 is 2.25 bits per heavy atom. The highest BCUT2D eigenvalue weighted by Crippen LogP contribution is 2.28. The fourth-order valence-corrected chi connectivity index (χ4v) is 1.75. The van der Waals surface area contributed by atoms with Gasteiger partial charge in [-0.2, -0.15) is 13.2 Å². The molecule has 0 aliphatic heterocycles. The summed E-state index contributed by atoms with van der Waals surface area (Å²) in [4.78, 5) is 11.7. The zero-order chi connectivity index (χ0) is 15.3. The van der Waals surface area contributed by atoms with Crippen LogP contribution in [0.1, 0.15) is 31.4 Å². The largest absolute Gasteiger partial charge is 0.416 e. The fourth-order valence-electron chi connectivity index (χ4n) is 1.75. The number of nitrogens with two attached hydrogens (primary N) is 1. The minimum absolute atomic E-state index is 0.169. The highest BCUT2D eigenvalue weighted by Gasteiger charge is 2.29. The molecule has 1 aromatic carbocycles. The number of amides is 1. The molecular weight excluding hydrogens is 269 g/mol. The quantitative estimate of drug-likeness (QED) is 0.875. The number of alkyl halides is 3. The van der Waals surface area contributed by atoms with Gasteiger partial charge in [-0.15, -0.1) is 0 Å². The van der Waals surface area contributed by atoms with Crippen LogP contribution >= 0.6 is 0 Å². The summed E-state index contributed by atoms with van der Waals surface area (Å²) in [6.45, 7) is 4.09. The summed E-state index contributed by atoms with van der Waals surface area (Å²) in [5.74, 6) is 0.0143. The summed E-state index contributed by atoms with van der Waals surface area (Å²) in [7, 11) is 0. The molecule has 0 heterocycles. The second-order valence-electron chi connectivity index (χ2n) is 5.15. The molecule has 6 heteroatoms. The fraction of sp³-hybridized carbons (Fsp3) is 0.500. The number of benzene rings is 1. The minimum Gasteiger partial charge on any atom is -0.351 e. The van der Waals surface area contributed by atoms with Gasteiger partial charge in [0.25, 0.3) is 0 Å². The monoisotopic (exact) mass is 288 g/mol. The van der Waals surface area contributed by atoms with Gasteiger partial charge in [0.15, 0.2) is 0 Å². The highest BCUT2D eigenvalue weighted by atomic mass is 19.4. The first-order valence-electron chi connectivity index (χ1n) is 6.39. The molecule has 20 heavy (non-hydrogen) atoms. The van der Waals surface area contributed by atoms with Crippen LogP contribution in [0.2, 0.25) is 0 Å². The summed E-state index contributed by atoms with van der Waals surface area (Å²) >= 11 is 0. The van der Waals surface area contributed by atoms with Crippen LogP contribution < -0.4 is 11.1 Å². The smallest absolute Gasteiger partial charge is 0.351 e. The molecule has 1 aromatic rings. The van der Waals surface area contributed by atoms with E-state index in [1.807, 2.05) is 13.8 Å². The average molecular weight is 288 g/mol. The molecule has 0 saturated carbocycles. The second-order valence-corrected chi connectivity index (χ2v) is 5.15. The Balaban J connectivity index is 2.52. The number of hydrogen-bond donors (Lipinski definition) is 2. The van der Waals surface area contributed by atoms with Crippen molar-refractivity contribution in [2.45, 2.75) is 39.0 Å². The lowest BCUT2D eigenvalue weighted by Crippen LogP contribution is -2.41. The van der Waals surface area contributed by atoms with Crippen LogP contribution in [-0.2, 0) is 17.5 Å². The van der Waals surface area contributed by atoms with Crippen LogP contribution in [0.15, 0.2) is 24.3 Å². The number of halogens is 3. The lowest BCUT2D eigenvalue weighted by Gasteiger charge is -2.14. The van der Waals surface area contributed by atoms with Gasteiger partial charge in [0.2, 0.25) is 5.91 Å². The van der Waals surface area contributed by atoms with Crippen molar-refractivity contribution in [2.75, 3.05) is 0 Å². The highest BCUT2D eigenvalue weighted by molar-refractivity contribution is 5.81. The van der Waals surface area contributed by atoms with Crippen LogP contribution in [-0.4, -0.2) is 11.9 Å². The maximum atomic E-state index is 12.4. The maximum Gasteiger partial charge on any atom is 0.416 e. The summed E-state index contributed by atoms with van der Waals surface area (Å²) in [5, 5.41) is 2.62. The van der Waals surface area contributed by atoms with E-state index in [0.717, 1.165) is 12.1 Å². The standard InChI is InChI=1S/C14H19F3N2O/c1-9(2)7-12(18)13(20)19-8-10-3-5-11(6-4-10)14(15,16)17/h3-6,9,12H,7-8,18H2,1-2H3,(H,19,20)/t12-/m0/s1. The first-order valence-corrected chi connectivity index (χ1v) is 6.39. The van der Waals surface area contributed by atoms with Crippen molar-refractivity contribution in [2.24, 2.45) is 11.7 Å². The van der Waals surface area contributed by atoms with Gasteiger partial charge in [0.1, 0.15) is 0 Å². The van der Waals surface area contributed by atoms with E-state index in [-0.39, 0.29) is 12.5 Å². The number of hydrogen-bond acceptors (Lipinski definition) is 2. The van der Waals surface area contributed by atoms with Gasteiger partial charge in [-0.05, 0) is 30.0 Å². The van der Waals surface area contributed by atoms with Crippen LogP contribution in [0, 0.1) is 5.92 Å². The zero-order valence-corrected chi connectivity index (χ0v) is 11.5. The SMILES string of the molecule is CC(C)C[C@H](N)C(=O)NCc1ccc(C(F)(F)F)cc1. The van der Waals surface area contributed by atoms with Crippen LogP contribution in [0.3, 0.4) is 0 Å². The molecule has 1 atom stereocenters. The van der Waals surface area contributed by atoms with Crippen molar-refractivity contribution in [3.8, 4) is 0 Å². The lowest BCUT2D eigenvalue weighted by atomic mass is 10.0. The average Bonchev–Trinajstić information content (AvgIpc) is 2.34. The molecule has 0 unspecified atom stereocenters. The van der Waals surface area contributed by atoms with Gasteiger partial charge in [0.05, 0.1) is 11.6 Å². The number of rotatable bonds is 5. The van der Waals surface area contributed by atoms with E-state index in [9.17, 15) is 18.0 Å². The van der Waals surface area contributed by atoms with E-state index in [1.54, 1.807) is 0 Å². The van der Waals surface area contributed by atoms with Crippen molar-refractivity contribution in [1.82, 2.24) is 5.32 Å². The van der Waals surface area contributed by atoms with E-state index in [2.05, 4.69) is 5.32 Å². The Kier molecular flexibility index (Phi) is 5.56. The van der Waals surface area contributed by atoms with Crippen molar-refractivity contribution in [3.63, 3.8) is 0 Å². The van der Waals surface area contributed by atoms with E-state index >= 15 is 0 Å². The molecule has 0 radical (unpaired) electrons. The molecule has 112 valence electrons. The first kappa shape index (κ1) is 16.5. The second kappa shape index (κ2) is 6.74. The third-order valence-electron chi connectivity index (χ3n) is 2.81. The van der Waals surface area contributed by atoms with Gasteiger partial charge >= 0.3 is 6.18 Å². The zero-order valence-electron chi connectivity index (χ0n) is 11.5. The third-order valence-corrected chi connectivity index (χ3v) is 2.81. The topological polar surface area (TPSA) is 55.1 Å². The molecule has 0 aromatic heterocycles. The number of carbonyl (C=O) groups is 1. The molecule has 0 spiro atoms. The van der Waals surface area contributed by atoms with Crippen molar-refractivity contribution < 1.29 is 18.0 Å². The summed E-state index contributed by atoms with van der Waals surface area (Å²) in [6, 6.07) is 4.09. The molecule has 1 rings (SSSR count). The Labute approximate surface area is 116 Å². The Bertz CT molecular complexity index is 441. The van der Waals surface area contributed by atoms with Crippen LogP contribution in [0.25, 0.3) is 0 Å². The lowest BCUT2D eigenvalue weighted by molar-refractivity contribution is -0.137. The summed E-state index contributed by atoms with van der Waals surface area (Å²) in [6.07, 6.45) is -3.78. The van der Waals surface area contributed by atoms with Gasteiger partial charge in [-0.1, -0.05) is 26.0 Å². The Morgan fingerprint density at radius 1 is 1.25 bits per heavy atom. The first-order chi connectivity index (χ1) is 9.20. The van der Waals surface area contributed by atoms with E-state index in [1.165, 1.54) is 12.1 Å². The molecule has 0 aliphatic carbocycles. The van der Waals surface area contributed by atoms with Gasteiger partial charge < -0.3 is 11.1 Å².